The molecule has 0 fully saturated rings. The number of benzene rings is 1. The predicted octanol–water partition coefficient (Wildman–Crippen LogP) is 3.30. The second-order valence-electron chi connectivity index (χ2n) is 6.31. The van der Waals surface area contributed by atoms with Crippen LogP contribution in [0.2, 0.25) is 5.02 Å². The second-order valence-corrected chi connectivity index (χ2v) is 6.74. The van der Waals surface area contributed by atoms with Crippen molar-refractivity contribution >= 4 is 22.6 Å². The molecule has 1 unspecified atom stereocenters. The zero-order valence-corrected chi connectivity index (χ0v) is 14.7. The molecular weight excluding hydrogens is 352 g/mol. The molecule has 1 atom stereocenters. The van der Waals surface area contributed by atoms with Gasteiger partial charge in [-0.1, -0.05) is 23.7 Å². The fraction of sp³-hybridized carbons (Fsp3) is 0.222. The van der Waals surface area contributed by atoms with Crippen LogP contribution in [-0.2, 0) is 11.3 Å². The number of hydrogen-bond acceptors (Lipinski definition) is 5. The summed E-state index contributed by atoms with van der Waals surface area (Å²) in [6.07, 6.45) is 0. The number of rotatable bonds is 2. The lowest BCUT2D eigenvalue weighted by molar-refractivity contribution is 0.0668. The molecule has 26 heavy (non-hydrogen) atoms. The minimum Gasteiger partial charge on any atom is -0.371 e. The summed E-state index contributed by atoms with van der Waals surface area (Å²) in [4.78, 5) is 4.75. The molecule has 1 N–H and O–H groups in total. The van der Waals surface area contributed by atoms with E-state index in [0.29, 0.717) is 18.2 Å². The molecule has 0 saturated carbocycles. The van der Waals surface area contributed by atoms with Gasteiger partial charge in [0.15, 0.2) is 11.6 Å². The van der Waals surface area contributed by atoms with Crippen molar-refractivity contribution in [2.24, 2.45) is 0 Å². The van der Waals surface area contributed by atoms with E-state index in [1.807, 2.05) is 43.3 Å². The quantitative estimate of drug-likeness (QED) is 0.588. The van der Waals surface area contributed by atoms with Gasteiger partial charge in [0.05, 0.1) is 18.3 Å². The van der Waals surface area contributed by atoms with Crippen LogP contribution in [0.3, 0.4) is 0 Å². The van der Waals surface area contributed by atoms with Gasteiger partial charge >= 0.3 is 0 Å². The summed E-state index contributed by atoms with van der Waals surface area (Å²) in [6, 6.07) is 11.6. The van der Waals surface area contributed by atoms with Gasteiger partial charge in [-0.15, -0.1) is 10.2 Å². The third-order valence-corrected chi connectivity index (χ3v) is 4.89. The van der Waals surface area contributed by atoms with E-state index < -0.39 is 0 Å². The van der Waals surface area contributed by atoms with Crippen molar-refractivity contribution in [3.8, 4) is 11.5 Å². The molecule has 0 saturated heterocycles. The highest BCUT2D eigenvalue weighted by molar-refractivity contribution is 6.30. The summed E-state index contributed by atoms with van der Waals surface area (Å²) >= 11 is 6.03. The Kier molecular flexibility index (Phi) is 3.51. The number of nitrogens with one attached hydrogen (secondary N) is 1. The first-order chi connectivity index (χ1) is 12.7. The molecule has 7 nitrogen and oxygen atoms in total. The van der Waals surface area contributed by atoms with Crippen LogP contribution >= 0.6 is 11.6 Å². The number of aromatic amines is 1. The van der Waals surface area contributed by atoms with E-state index in [1.54, 1.807) is 0 Å². The number of aryl methyl sites for hydroxylation is 1. The molecule has 0 bridgehead atoms. The summed E-state index contributed by atoms with van der Waals surface area (Å²) in [5, 5.41) is 16.6. The van der Waals surface area contributed by atoms with Gasteiger partial charge in [0.2, 0.25) is 0 Å². The van der Waals surface area contributed by atoms with Crippen molar-refractivity contribution in [2.75, 3.05) is 6.61 Å². The Morgan fingerprint density at radius 3 is 2.85 bits per heavy atom. The smallest absolute Gasteiger partial charge is 0.183 e. The average molecular weight is 367 g/mol. The first-order valence-corrected chi connectivity index (χ1v) is 8.67. The van der Waals surface area contributed by atoms with Gasteiger partial charge in [-0.25, -0.2) is 4.98 Å². The van der Waals surface area contributed by atoms with E-state index in [2.05, 4.69) is 25.0 Å². The van der Waals surface area contributed by atoms with Crippen molar-refractivity contribution < 1.29 is 4.74 Å². The number of nitrogens with zero attached hydrogens (tertiary/aromatic N) is 5. The SMILES string of the molecule is Cc1[nH]nc2ccc(-c3nnc4n3C(c3ccc(Cl)cc3)COC4)nc12. The highest BCUT2D eigenvalue weighted by atomic mass is 35.5. The molecule has 8 heteroatoms. The van der Waals surface area contributed by atoms with E-state index in [0.717, 1.165) is 39.6 Å². The van der Waals surface area contributed by atoms with E-state index in [-0.39, 0.29) is 6.04 Å². The molecule has 0 spiro atoms. The minimum absolute atomic E-state index is 0.0241. The molecule has 0 radical (unpaired) electrons. The van der Waals surface area contributed by atoms with Crippen LogP contribution in [0, 0.1) is 6.92 Å². The number of fused-ring (bicyclic) bond motifs is 2. The van der Waals surface area contributed by atoms with Crippen molar-refractivity contribution in [3.05, 3.63) is 58.5 Å². The van der Waals surface area contributed by atoms with Gasteiger partial charge in [0, 0.05) is 5.02 Å². The fourth-order valence-electron chi connectivity index (χ4n) is 3.33. The van der Waals surface area contributed by atoms with Crippen LogP contribution in [0.15, 0.2) is 36.4 Å². The Bertz CT molecular complexity index is 1100. The van der Waals surface area contributed by atoms with Gasteiger partial charge in [0.1, 0.15) is 23.3 Å². The minimum atomic E-state index is -0.0241. The van der Waals surface area contributed by atoms with Crippen LogP contribution < -0.4 is 0 Å². The zero-order chi connectivity index (χ0) is 17.7. The Hall–Kier alpha value is -2.77. The van der Waals surface area contributed by atoms with Gasteiger partial charge in [-0.2, -0.15) is 5.10 Å². The molecule has 1 aromatic carbocycles. The average Bonchev–Trinajstić information content (AvgIpc) is 3.26. The van der Waals surface area contributed by atoms with Crippen molar-refractivity contribution in [1.29, 1.82) is 0 Å². The number of halogens is 1. The lowest BCUT2D eigenvalue weighted by Gasteiger charge is -2.26. The van der Waals surface area contributed by atoms with Crippen LogP contribution in [-0.4, -0.2) is 36.6 Å². The van der Waals surface area contributed by atoms with Crippen molar-refractivity contribution in [3.63, 3.8) is 0 Å². The number of H-pyrrole nitrogens is 1. The Balaban J connectivity index is 1.66. The molecule has 130 valence electrons. The van der Waals surface area contributed by atoms with Crippen LogP contribution in [0.4, 0.5) is 0 Å². The molecule has 1 aliphatic rings. The third kappa shape index (κ3) is 2.40. The zero-order valence-electron chi connectivity index (χ0n) is 14.0. The van der Waals surface area contributed by atoms with Gasteiger partial charge in [0.25, 0.3) is 0 Å². The van der Waals surface area contributed by atoms with E-state index in [9.17, 15) is 0 Å². The van der Waals surface area contributed by atoms with Gasteiger partial charge in [-0.05, 0) is 36.8 Å². The van der Waals surface area contributed by atoms with Crippen molar-refractivity contribution in [2.45, 2.75) is 19.6 Å². The standard InChI is InChI=1S/C18H15ClN6O/c1-10-17-13(22-21-10)6-7-14(20-17)18-24-23-16-9-26-8-15(25(16)18)11-2-4-12(19)5-3-11/h2-7,15H,8-9H2,1H3,(H,21,22). The summed E-state index contributed by atoms with van der Waals surface area (Å²) in [5.74, 6) is 1.52. The van der Waals surface area contributed by atoms with Gasteiger partial charge in [-0.3, -0.25) is 9.67 Å². The maximum atomic E-state index is 6.03. The summed E-state index contributed by atoms with van der Waals surface area (Å²) < 4.78 is 7.84. The normalized spacial score (nSPS) is 16.8. The number of aromatic nitrogens is 6. The summed E-state index contributed by atoms with van der Waals surface area (Å²) in [7, 11) is 0. The summed E-state index contributed by atoms with van der Waals surface area (Å²) in [5.41, 5.74) is 4.47. The first-order valence-electron chi connectivity index (χ1n) is 8.30. The van der Waals surface area contributed by atoms with E-state index in [4.69, 9.17) is 21.3 Å². The highest BCUT2D eigenvalue weighted by Crippen LogP contribution is 2.31. The maximum absolute atomic E-state index is 6.03. The van der Waals surface area contributed by atoms with E-state index in [1.165, 1.54) is 0 Å². The van der Waals surface area contributed by atoms with Crippen molar-refractivity contribution in [1.82, 2.24) is 29.9 Å². The Morgan fingerprint density at radius 1 is 1.15 bits per heavy atom. The van der Waals surface area contributed by atoms with Crippen LogP contribution in [0.25, 0.3) is 22.6 Å². The third-order valence-electron chi connectivity index (χ3n) is 4.64. The lowest BCUT2D eigenvalue weighted by Crippen LogP contribution is -2.25. The maximum Gasteiger partial charge on any atom is 0.183 e. The first kappa shape index (κ1) is 15.5. The largest absolute Gasteiger partial charge is 0.371 e. The lowest BCUT2D eigenvalue weighted by atomic mass is 10.1. The predicted molar refractivity (Wildman–Crippen MR) is 96.9 cm³/mol. The van der Waals surface area contributed by atoms with Gasteiger partial charge < -0.3 is 4.74 Å². The molecule has 3 aromatic heterocycles. The number of hydrogen-bond donors (Lipinski definition) is 1. The monoisotopic (exact) mass is 366 g/mol. The molecule has 1 aliphatic heterocycles. The Morgan fingerprint density at radius 2 is 2.00 bits per heavy atom. The van der Waals surface area contributed by atoms with Crippen LogP contribution in [0.5, 0.6) is 0 Å². The van der Waals surface area contributed by atoms with E-state index >= 15 is 0 Å². The molecule has 4 heterocycles. The second kappa shape index (κ2) is 5.89. The topological polar surface area (TPSA) is 81.5 Å². The molecule has 0 aliphatic carbocycles. The molecular formula is C18H15ClN6O. The fourth-order valence-corrected chi connectivity index (χ4v) is 3.46. The number of pyridine rings is 1. The number of ether oxygens (including phenoxy) is 1. The Labute approximate surface area is 154 Å². The molecule has 0 amide bonds. The van der Waals surface area contributed by atoms with Crippen LogP contribution in [0.1, 0.15) is 23.1 Å². The highest BCUT2D eigenvalue weighted by Gasteiger charge is 2.28. The molecule has 5 rings (SSSR count). The molecule has 4 aromatic rings. The summed E-state index contributed by atoms with van der Waals surface area (Å²) in [6.45, 7) is 2.94.